The summed E-state index contributed by atoms with van der Waals surface area (Å²) in [6, 6.07) is 8.02. The molecule has 2 rings (SSSR count). The first-order chi connectivity index (χ1) is 11.4. The van der Waals surface area contributed by atoms with Crippen molar-refractivity contribution < 1.29 is 8.42 Å². The van der Waals surface area contributed by atoms with Gasteiger partial charge in [-0.1, -0.05) is 50.1 Å². The van der Waals surface area contributed by atoms with Gasteiger partial charge in [0, 0.05) is 12.6 Å². The molecule has 1 aliphatic rings. The number of rotatable bonds is 8. The molecular formula is C19H32N2O2S. The Morgan fingerprint density at radius 1 is 1.17 bits per heavy atom. The Kier molecular flexibility index (Phi) is 7.26. The normalized spacial score (nSPS) is 18.0. The largest absolute Gasteiger partial charge is 0.299 e. The molecule has 1 unspecified atom stereocenters. The van der Waals surface area contributed by atoms with Gasteiger partial charge in [-0.25, -0.2) is 13.1 Å². The zero-order chi connectivity index (χ0) is 17.6. The fraction of sp³-hybridized carbons (Fsp3) is 0.684. The number of aryl methyl sites for hydroxylation is 1. The first kappa shape index (κ1) is 19.4. The van der Waals surface area contributed by atoms with E-state index in [1.54, 1.807) is 0 Å². The molecular weight excluding hydrogens is 320 g/mol. The van der Waals surface area contributed by atoms with Crippen LogP contribution in [0.25, 0.3) is 0 Å². The highest BCUT2D eigenvalue weighted by molar-refractivity contribution is 7.88. The van der Waals surface area contributed by atoms with Crippen LogP contribution in [0.1, 0.15) is 50.7 Å². The number of likely N-dealkylation sites (tertiary alicyclic amines) is 1. The molecule has 0 saturated carbocycles. The quantitative estimate of drug-likeness (QED) is 0.781. The topological polar surface area (TPSA) is 49.4 Å². The van der Waals surface area contributed by atoms with Gasteiger partial charge >= 0.3 is 0 Å². The SMILES string of the molecule is Cc1cccc(CS(=O)(=O)NCC(CC(C)C)N2CCCCC2)c1. The second-order valence-corrected chi connectivity index (χ2v) is 9.28. The lowest BCUT2D eigenvalue weighted by Gasteiger charge is -2.35. The summed E-state index contributed by atoms with van der Waals surface area (Å²) in [6.07, 6.45) is 4.78. The number of hydrogen-bond acceptors (Lipinski definition) is 3. The van der Waals surface area contributed by atoms with Gasteiger partial charge < -0.3 is 0 Å². The van der Waals surface area contributed by atoms with E-state index in [1.807, 2.05) is 31.2 Å². The molecule has 0 radical (unpaired) electrons. The molecule has 0 spiro atoms. The first-order valence-corrected chi connectivity index (χ1v) is 10.8. The number of piperidine rings is 1. The van der Waals surface area contributed by atoms with E-state index in [4.69, 9.17) is 0 Å². The van der Waals surface area contributed by atoms with Crippen LogP contribution >= 0.6 is 0 Å². The van der Waals surface area contributed by atoms with Gasteiger partial charge in [0.05, 0.1) is 5.75 Å². The molecule has 1 fully saturated rings. The number of sulfonamides is 1. The highest BCUT2D eigenvalue weighted by atomic mass is 32.2. The maximum Gasteiger partial charge on any atom is 0.215 e. The Labute approximate surface area is 147 Å². The molecule has 0 bridgehead atoms. The Morgan fingerprint density at radius 2 is 1.88 bits per heavy atom. The molecule has 1 atom stereocenters. The van der Waals surface area contributed by atoms with Crippen molar-refractivity contribution in [2.75, 3.05) is 19.6 Å². The lowest BCUT2D eigenvalue weighted by Crippen LogP contribution is -2.46. The Bertz CT molecular complexity index is 608. The third-order valence-electron chi connectivity index (χ3n) is 4.63. The molecule has 0 aliphatic carbocycles. The van der Waals surface area contributed by atoms with Crippen LogP contribution in [0.4, 0.5) is 0 Å². The van der Waals surface area contributed by atoms with Crippen molar-refractivity contribution in [1.82, 2.24) is 9.62 Å². The minimum atomic E-state index is -3.30. The summed E-state index contributed by atoms with van der Waals surface area (Å²) >= 11 is 0. The fourth-order valence-corrected chi connectivity index (χ4v) is 4.65. The van der Waals surface area contributed by atoms with Gasteiger partial charge in [-0.3, -0.25) is 4.90 Å². The molecule has 1 heterocycles. The van der Waals surface area contributed by atoms with Crippen LogP contribution in [0.15, 0.2) is 24.3 Å². The lowest BCUT2D eigenvalue weighted by molar-refractivity contribution is 0.146. The third kappa shape index (κ3) is 6.54. The van der Waals surface area contributed by atoms with E-state index < -0.39 is 10.0 Å². The predicted molar refractivity (Wildman–Crippen MR) is 100 cm³/mol. The van der Waals surface area contributed by atoms with Gasteiger partial charge in [0.15, 0.2) is 0 Å². The molecule has 4 nitrogen and oxygen atoms in total. The molecule has 0 aromatic heterocycles. The molecule has 1 aliphatic heterocycles. The van der Waals surface area contributed by atoms with Crippen LogP contribution in [-0.4, -0.2) is 39.0 Å². The van der Waals surface area contributed by atoms with E-state index in [1.165, 1.54) is 19.3 Å². The lowest BCUT2D eigenvalue weighted by atomic mass is 10.00. The van der Waals surface area contributed by atoms with Gasteiger partial charge in [0.2, 0.25) is 10.0 Å². The van der Waals surface area contributed by atoms with Crippen molar-refractivity contribution in [3.63, 3.8) is 0 Å². The zero-order valence-electron chi connectivity index (χ0n) is 15.3. The highest BCUT2D eigenvalue weighted by Gasteiger charge is 2.23. The second kappa shape index (κ2) is 8.97. The zero-order valence-corrected chi connectivity index (χ0v) is 16.1. The maximum absolute atomic E-state index is 12.5. The Morgan fingerprint density at radius 3 is 2.50 bits per heavy atom. The molecule has 24 heavy (non-hydrogen) atoms. The molecule has 136 valence electrons. The standard InChI is InChI=1S/C19H32N2O2S/c1-16(2)12-19(21-10-5-4-6-11-21)14-20-24(22,23)15-18-9-7-8-17(3)13-18/h7-9,13,16,19-20H,4-6,10-12,14-15H2,1-3H3. The maximum atomic E-state index is 12.5. The van der Waals surface area contributed by atoms with Gasteiger partial charge in [-0.05, 0) is 50.8 Å². The van der Waals surface area contributed by atoms with E-state index in [2.05, 4.69) is 23.5 Å². The number of nitrogens with zero attached hydrogens (tertiary/aromatic N) is 1. The van der Waals surface area contributed by atoms with E-state index in [0.717, 1.165) is 30.6 Å². The second-order valence-electron chi connectivity index (χ2n) is 7.48. The van der Waals surface area contributed by atoms with Crippen molar-refractivity contribution in [1.29, 1.82) is 0 Å². The fourth-order valence-electron chi connectivity index (χ4n) is 3.48. The smallest absolute Gasteiger partial charge is 0.215 e. The summed E-state index contributed by atoms with van der Waals surface area (Å²) in [5.74, 6) is 0.626. The van der Waals surface area contributed by atoms with Crippen molar-refractivity contribution in [2.45, 2.75) is 58.2 Å². The first-order valence-electron chi connectivity index (χ1n) is 9.12. The Balaban J connectivity index is 1.95. The van der Waals surface area contributed by atoms with Crippen LogP contribution in [0.2, 0.25) is 0 Å². The Hall–Kier alpha value is -0.910. The average molecular weight is 353 g/mol. The van der Waals surface area contributed by atoms with Crippen LogP contribution in [0, 0.1) is 12.8 Å². The van der Waals surface area contributed by atoms with E-state index in [9.17, 15) is 8.42 Å². The summed E-state index contributed by atoms with van der Waals surface area (Å²) in [5.41, 5.74) is 1.94. The van der Waals surface area contributed by atoms with Crippen LogP contribution < -0.4 is 4.72 Å². The minimum Gasteiger partial charge on any atom is -0.299 e. The molecule has 5 heteroatoms. The predicted octanol–water partition coefficient (Wildman–Crippen LogP) is 3.32. The van der Waals surface area contributed by atoms with E-state index >= 15 is 0 Å². The van der Waals surface area contributed by atoms with E-state index in [-0.39, 0.29) is 5.75 Å². The molecule has 0 amide bonds. The summed E-state index contributed by atoms with van der Waals surface area (Å²) in [7, 11) is -3.30. The number of hydrogen-bond donors (Lipinski definition) is 1. The van der Waals surface area contributed by atoms with Crippen molar-refractivity contribution in [3.8, 4) is 0 Å². The van der Waals surface area contributed by atoms with Gasteiger partial charge in [-0.15, -0.1) is 0 Å². The minimum absolute atomic E-state index is 0.0586. The van der Waals surface area contributed by atoms with E-state index in [0.29, 0.717) is 18.5 Å². The number of nitrogens with one attached hydrogen (secondary N) is 1. The van der Waals surface area contributed by atoms with Crippen molar-refractivity contribution >= 4 is 10.0 Å². The average Bonchev–Trinajstić information content (AvgIpc) is 2.51. The molecule has 1 aromatic rings. The van der Waals surface area contributed by atoms with Crippen molar-refractivity contribution in [3.05, 3.63) is 35.4 Å². The molecule has 1 N–H and O–H groups in total. The summed E-state index contributed by atoms with van der Waals surface area (Å²) in [5, 5.41) is 0. The van der Waals surface area contributed by atoms with Crippen LogP contribution in [0.3, 0.4) is 0 Å². The van der Waals surface area contributed by atoms with Crippen molar-refractivity contribution in [2.24, 2.45) is 5.92 Å². The third-order valence-corrected chi connectivity index (χ3v) is 5.95. The summed E-state index contributed by atoms with van der Waals surface area (Å²) in [6.45, 7) is 9.11. The van der Waals surface area contributed by atoms with Crippen LogP contribution in [-0.2, 0) is 15.8 Å². The monoisotopic (exact) mass is 352 g/mol. The van der Waals surface area contributed by atoms with Gasteiger partial charge in [0.25, 0.3) is 0 Å². The summed E-state index contributed by atoms with van der Waals surface area (Å²) in [4.78, 5) is 2.47. The number of benzene rings is 1. The summed E-state index contributed by atoms with van der Waals surface area (Å²) < 4.78 is 27.8. The van der Waals surface area contributed by atoms with Crippen LogP contribution in [0.5, 0.6) is 0 Å². The molecule has 1 saturated heterocycles. The van der Waals surface area contributed by atoms with Gasteiger partial charge in [-0.2, -0.15) is 0 Å². The highest BCUT2D eigenvalue weighted by Crippen LogP contribution is 2.18. The molecule has 1 aromatic carbocycles. The van der Waals surface area contributed by atoms with Gasteiger partial charge in [0.1, 0.15) is 0 Å².